The Morgan fingerprint density at radius 3 is 2.75 bits per heavy atom. The summed E-state index contributed by atoms with van der Waals surface area (Å²) in [5.74, 6) is 0.107. The molecule has 0 N–H and O–H groups in total. The Bertz CT molecular complexity index is 766. The van der Waals surface area contributed by atoms with E-state index in [0.717, 1.165) is 0 Å². The first kappa shape index (κ1) is 18.4. The summed E-state index contributed by atoms with van der Waals surface area (Å²) in [7, 11) is -1.45. The van der Waals surface area contributed by atoms with Gasteiger partial charge < -0.3 is 4.74 Å². The summed E-state index contributed by atoms with van der Waals surface area (Å²) in [4.78, 5) is 2.76. The zero-order chi connectivity index (χ0) is 18.1. The Morgan fingerprint density at radius 2 is 2.17 bits per heavy atom. The maximum Gasteiger partial charge on any atom is 0.145 e. The van der Waals surface area contributed by atoms with Crippen molar-refractivity contribution in [3.05, 3.63) is 39.5 Å². The van der Waals surface area contributed by atoms with Gasteiger partial charge in [-0.1, -0.05) is 5.11 Å². The third-order valence-corrected chi connectivity index (χ3v) is 5.13. The number of fused-ring (bicyclic) bond motifs is 1. The molecule has 0 saturated carbocycles. The second-order valence-electron chi connectivity index (χ2n) is 7.10. The normalized spacial score (nSPS) is 21.7. The summed E-state index contributed by atoms with van der Waals surface area (Å²) in [6, 6.07) is 2.74. The SMILES string of the molecule is C/C(=N\S(=O)C(C)(C)C)c1cc(F)cc2c1O[C@@](C)(CN=[N+]=[N-])C2. The summed E-state index contributed by atoms with van der Waals surface area (Å²) < 4.78 is 35.9. The summed E-state index contributed by atoms with van der Waals surface area (Å²) >= 11 is 0. The van der Waals surface area contributed by atoms with E-state index >= 15 is 0 Å². The number of rotatable bonds is 4. The molecule has 0 amide bonds. The number of azide groups is 1. The van der Waals surface area contributed by atoms with Gasteiger partial charge in [0.2, 0.25) is 0 Å². The monoisotopic (exact) mass is 352 g/mol. The van der Waals surface area contributed by atoms with Crippen LogP contribution in [-0.4, -0.2) is 26.8 Å². The molecule has 0 radical (unpaired) electrons. The van der Waals surface area contributed by atoms with Crippen molar-refractivity contribution in [2.24, 2.45) is 9.51 Å². The number of halogens is 1. The summed E-state index contributed by atoms with van der Waals surface area (Å²) in [5.41, 5.74) is 9.41. The fourth-order valence-corrected chi connectivity index (χ4v) is 3.06. The molecule has 1 aliphatic rings. The molecule has 6 nitrogen and oxygen atoms in total. The lowest BCUT2D eigenvalue weighted by atomic mass is 9.98. The highest BCUT2D eigenvalue weighted by Gasteiger charge is 2.36. The topological polar surface area (TPSA) is 87.4 Å². The Labute approximate surface area is 143 Å². The van der Waals surface area contributed by atoms with Crippen LogP contribution in [-0.2, 0) is 17.4 Å². The molecule has 2 rings (SSSR count). The average molecular weight is 352 g/mol. The van der Waals surface area contributed by atoms with Gasteiger partial charge >= 0.3 is 0 Å². The van der Waals surface area contributed by atoms with Crippen LogP contribution < -0.4 is 4.74 Å². The zero-order valence-corrected chi connectivity index (χ0v) is 15.3. The minimum absolute atomic E-state index is 0.142. The second kappa shape index (κ2) is 6.53. The molecule has 0 aromatic heterocycles. The molecule has 0 fully saturated rings. The first-order valence-corrected chi connectivity index (χ1v) is 8.66. The van der Waals surface area contributed by atoms with Gasteiger partial charge in [-0.2, -0.15) is 4.40 Å². The highest BCUT2D eigenvalue weighted by Crippen LogP contribution is 2.39. The molecule has 0 spiro atoms. The lowest BCUT2D eigenvalue weighted by molar-refractivity contribution is 0.125. The maximum atomic E-state index is 14.0. The molecule has 8 heteroatoms. The van der Waals surface area contributed by atoms with Gasteiger partial charge in [-0.25, -0.2) is 8.60 Å². The van der Waals surface area contributed by atoms with E-state index in [4.69, 9.17) is 10.3 Å². The summed E-state index contributed by atoms with van der Waals surface area (Å²) in [6.45, 7) is 9.10. The van der Waals surface area contributed by atoms with Crippen molar-refractivity contribution in [2.45, 2.75) is 51.4 Å². The number of benzene rings is 1. The molecule has 0 saturated heterocycles. The van der Waals surface area contributed by atoms with Crippen LogP contribution in [0.5, 0.6) is 5.75 Å². The van der Waals surface area contributed by atoms with Crippen LogP contribution in [0.25, 0.3) is 10.4 Å². The molecule has 1 aliphatic heterocycles. The third-order valence-electron chi connectivity index (χ3n) is 3.65. The predicted molar refractivity (Wildman–Crippen MR) is 93.3 cm³/mol. The van der Waals surface area contributed by atoms with E-state index in [1.165, 1.54) is 12.1 Å². The van der Waals surface area contributed by atoms with Crippen molar-refractivity contribution in [2.75, 3.05) is 6.54 Å². The van der Waals surface area contributed by atoms with Crippen LogP contribution in [0.1, 0.15) is 45.7 Å². The van der Waals surface area contributed by atoms with Crippen LogP contribution >= 0.6 is 0 Å². The number of hydrogen-bond donors (Lipinski definition) is 0. The third kappa shape index (κ3) is 3.94. The Hall–Kier alpha value is -1.92. The minimum Gasteiger partial charge on any atom is -0.486 e. The van der Waals surface area contributed by atoms with Crippen LogP contribution in [0.4, 0.5) is 4.39 Å². The van der Waals surface area contributed by atoms with E-state index in [0.29, 0.717) is 29.0 Å². The van der Waals surface area contributed by atoms with Gasteiger partial charge in [0.25, 0.3) is 0 Å². The fraction of sp³-hybridized carbons (Fsp3) is 0.562. The van der Waals surface area contributed by atoms with E-state index in [2.05, 4.69) is 14.4 Å². The molecule has 0 aliphatic carbocycles. The maximum absolute atomic E-state index is 14.0. The molecule has 24 heavy (non-hydrogen) atoms. The quantitative estimate of drug-likeness (QED) is 0.353. The van der Waals surface area contributed by atoms with Crippen molar-refractivity contribution >= 4 is 16.7 Å². The van der Waals surface area contributed by atoms with Crippen LogP contribution in [0.2, 0.25) is 0 Å². The van der Waals surface area contributed by atoms with Gasteiger partial charge in [-0.15, -0.1) is 0 Å². The van der Waals surface area contributed by atoms with Crippen LogP contribution in [0, 0.1) is 5.82 Å². The lowest BCUT2D eigenvalue weighted by Gasteiger charge is -2.22. The standard InChI is InChI=1S/C16H21FN4O2S/c1-10(20-24(22)15(2,3)4)13-7-12(17)6-11-8-16(5,9-19-21-18)23-14(11)13/h6-7H,8-9H2,1-5H3/b20-10+/t16-,24?/m1/s1. The van der Waals surface area contributed by atoms with E-state index in [1.807, 2.05) is 27.7 Å². The van der Waals surface area contributed by atoms with Gasteiger partial charge in [-0.05, 0) is 52.3 Å². The molecular weight excluding hydrogens is 331 g/mol. The van der Waals surface area contributed by atoms with Crippen LogP contribution in [0.3, 0.4) is 0 Å². The highest BCUT2D eigenvalue weighted by atomic mass is 32.2. The number of hydrogen-bond acceptors (Lipinski definition) is 3. The Kier molecular flexibility index (Phi) is 5.01. The Balaban J connectivity index is 2.44. The molecule has 1 heterocycles. The number of ether oxygens (including phenoxy) is 1. The van der Waals surface area contributed by atoms with Gasteiger partial charge in [0, 0.05) is 22.5 Å². The molecular formula is C16H21FN4O2S. The van der Waals surface area contributed by atoms with E-state index in [9.17, 15) is 8.60 Å². The largest absolute Gasteiger partial charge is 0.486 e. The van der Waals surface area contributed by atoms with Gasteiger partial charge in [0.15, 0.2) is 0 Å². The number of nitrogens with zero attached hydrogens (tertiary/aromatic N) is 4. The van der Waals surface area contributed by atoms with Crippen molar-refractivity contribution in [3.8, 4) is 5.75 Å². The fourth-order valence-electron chi connectivity index (χ4n) is 2.44. The van der Waals surface area contributed by atoms with Crippen molar-refractivity contribution in [1.29, 1.82) is 0 Å². The molecule has 2 atom stereocenters. The van der Waals surface area contributed by atoms with Crippen LogP contribution in [0.15, 0.2) is 21.6 Å². The minimum atomic E-state index is -1.45. The van der Waals surface area contributed by atoms with Crippen molar-refractivity contribution in [3.63, 3.8) is 0 Å². The predicted octanol–water partition coefficient (Wildman–Crippen LogP) is 4.10. The second-order valence-corrected chi connectivity index (χ2v) is 9.00. The smallest absolute Gasteiger partial charge is 0.145 e. The highest BCUT2D eigenvalue weighted by molar-refractivity contribution is 7.85. The Morgan fingerprint density at radius 1 is 1.50 bits per heavy atom. The first-order valence-electron chi connectivity index (χ1n) is 7.56. The lowest BCUT2D eigenvalue weighted by Crippen LogP contribution is -2.33. The first-order chi connectivity index (χ1) is 11.1. The van der Waals surface area contributed by atoms with Gasteiger partial charge in [0.1, 0.15) is 28.2 Å². The summed E-state index contributed by atoms with van der Waals surface area (Å²) in [5, 5.41) is 3.57. The molecule has 1 aromatic rings. The molecule has 1 unspecified atom stereocenters. The van der Waals surface area contributed by atoms with Crippen molar-refractivity contribution < 1.29 is 13.3 Å². The van der Waals surface area contributed by atoms with Crippen molar-refractivity contribution in [1.82, 2.24) is 0 Å². The molecule has 130 valence electrons. The van der Waals surface area contributed by atoms with E-state index < -0.39 is 27.2 Å². The zero-order valence-electron chi connectivity index (χ0n) is 14.5. The molecule has 0 bridgehead atoms. The average Bonchev–Trinajstić information content (AvgIpc) is 2.79. The van der Waals surface area contributed by atoms with E-state index in [1.54, 1.807) is 6.92 Å². The molecule has 1 aromatic carbocycles. The van der Waals surface area contributed by atoms with E-state index in [-0.39, 0.29) is 6.54 Å². The summed E-state index contributed by atoms with van der Waals surface area (Å²) in [6.07, 6.45) is 0.432. The van der Waals surface area contributed by atoms with Gasteiger partial charge in [0.05, 0.1) is 17.0 Å². The van der Waals surface area contributed by atoms with Gasteiger partial charge in [-0.3, -0.25) is 0 Å².